The summed E-state index contributed by atoms with van der Waals surface area (Å²) in [5, 5.41) is 9.45. The van der Waals surface area contributed by atoms with Crippen LogP contribution in [-0.2, 0) is 16.1 Å². The van der Waals surface area contributed by atoms with Crippen LogP contribution in [0.4, 0.5) is 0 Å². The lowest BCUT2D eigenvalue weighted by Gasteiger charge is -2.14. The SMILES string of the molecule is CCO/C(C(=O)O)=C(\CC)c1ccc(OCCn2c(C)ccc2-c2ccccc2)cc1. The molecule has 0 unspecified atom stereocenters. The summed E-state index contributed by atoms with van der Waals surface area (Å²) in [6.45, 7) is 7.38. The molecule has 3 rings (SSSR count). The van der Waals surface area contributed by atoms with Gasteiger partial charge >= 0.3 is 5.97 Å². The number of aryl methyl sites for hydroxylation is 1. The minimum atomic E-state index is -1.05. The lowest BCUT2D eigenvalue weighted by molar-refractivity contribution is -0.136. The first-order valence-corrected chi connectivity index (χ1v) is 10.6. The standard InChI is InChI=1S/C26H29NO4/c1-4-23(25(26(28)29)30-5-2)20-12-14-22(15-13-20)31-18-17-27-19(3)11-16-24(27)21-9-7-6-8-10-21/h6-16H,4-5,17-18H2,1-3H3,(H,28,29)/b25-23+. The van der Waals surface area contributed by atoms with Gasteiger partial charge in [-0.1, -0.05) is 49.4 Å². The monoisotopic (exact) mass is 419 g/mol. The second kappa shape index (κ2) is 10.5. The molecule has 0 bridgehead atoms. The number of carboxylic acid groups (broad SMARTS) is 1. The maximum Gasteiger partial charge on any atom is 0.371 e. The summed E-state index contributed by atoms with van der Waals surface area (Å²) in [7, 11) is 0. The summed E-state index contributed by atoms with van der Waals surface area (Å²) in [5.41, 5.74) is 5.05. The Morgan fingerprint density at radius 3 is 2.29 bits per heavy atom. The highest BCUT2D eigenvalue weighted by Gasteiger charge is 2.16. The van der Waals surface area contributed by atoms with Gasteiger partial charge in [0.05, 0.1) is 13.2 Å². The van der Waals surface area contributed by atoms with Gasteiger partial charge in [-0.3, -0.25) is 0 Å². The van der Waals surface area contributed by atoms with Crippen molar-refractivity contribution in [2.45, 2.75) is 33.7 Å². The van der Waals surface area contributed by atoms with Crippen LogP contribution in [0.25, 0.3) is 16.8 Å². The fourth-order valence-corrected chi connectivity index (χ4v) is 3.65. The number of carbonyl (C=O) groups is 1. The number of carboxylic acids is 1. The summed E-state index contributed by atoms with van der Waals surface area (Å²) in [5.74, 6) is -0.288. The van der Waals surface area contributed by atoms with Crippen LogP contribution >= 0.6 is 0 Å². The fourth-order valence-electron chi connectivity index (χ4n) is 3.65. The molecule has 0 saturated carbocycles. The van der Waals surface area contributed by atoms with Crippen LogP contribution in [0.2, 0.25) is 0 Å². The van der Waals surface area contributed by atoms with E-state index >= 15 is 0 Å². The van der Waals surface area contributed by atoms with Gasteiger partial charge in [-0.2, -0.15) is 0 Å². The molecule has 0 atom stereocenters. The molecule has 0 radical (unpaired) electrons. The average molecular weight is 420 g/mol. The van der Waals surface area contributed by atoms with Gasteiger partial charge in [-0.25, -0.2) is 4.79 Å². The fraction of sp³-hybridized carbons (Fsp3) is 0.269. The molecule has 0 saturated heterocycles. The Kier molecular flexibility index (Phi) is 7.55. The number of allylic oxidation sites excluding steroid dienone is 1. The minimum absolute atomic E-state index is 0.00944. The molecule has 162 valence electrons. The minimum Gasteiger partial charge on any atom is -0.492 e. The van der Waals surface area contributed by atoms with Crippen LogP contribution in [0.15, 0.2) is 72.5 Å². The van der Waals surface area contributed by atoms with Crippen molar-refractivity contribution in [1.82, 2.24) is 4.57 Å². The van der Waals surface area contributed by atoms with Gasteiger partial charge in [0.25, 0.3) is 0 Å². The molecule has 31 heavy (non-hydrogen) atoms. The zero-order chi connectivity index (χ0) is 22.2. The number of aliphatic carboxylic acids is 1. The zero-order valence-electron chi connectivity index (χ0n) is 18.3. The summed E-state index contributed by atoms with van der Waals surface area (Å²) in [4.78, 5) is 11.5. The van der Waals surface area contributed by atoms with E-state index in [1.807, 2.05) is 49.4 Å². The van der Waals surface area contributed by atoms with Crippen molar-refractivity contribution in [1.29, 1.82) is 0 Å². The van der Waals surface area contributed by atoms with Crippen molar-refractivity contribution in [3.63, 3.8) is 0 Å². The third-order valence-electron chi connectivity index (χ3n) is 5.17. The first-order chi connectivity index (χ1) is 15.0. The number of hydrogen-bond acceptors (Lipinski definition) is 3. The molecule has 0 aliphatic rings. The third kappa shape index (κ3) is 5.37. The molecule has 1 heterocycles. The number of nitrogens with zero attached hydrogens (tertiary/aromatic N) is 1. The molecule has 5 heteroatoms. The zero-order valence-corrected chi connectivity index (χ0v) is 18.3. The van der Waals surface area contributed by atoms with Crippen LogP contribution in [0.3, 0.4) is 0 Å². The van der Waals surface area contributed by atoms with Gasteiger partial charge in [0.15, 0.2) is 0 Å². The largest absolute Gasteiger partial charge is 0.492 e. The topological polar surface area (TPSA) is 60.7 Å². The van der Waals surface area contributed by atoms with Crippen LogP contribution < -0.4 is 4.74 Å². The Morgan fingerprint density at radius 1 is 0.968 bits per heavy atom. The number of rotatable bonds is 10. The van der Waals surface area contributed by atoms with Gasteiger partial charge in [-0.15, -0.1) is 0 Å². The Hall–Kier alpha value is -3.47. The number of benzene rings is 2. The van der Waals surface area contributed by atoms with Gasteiger partial charge in [0, 0.05) is 17.0 Å². The van der Waals surface area contributed by atoms with Crippen molar-refractivity contribution in [3.05, 3.63) is 83.7 Å². The molecule has 1 aromatic heterocycles. The van der Waals surface area contributed by atoms with Crippen LogP contribution in [-0.4, -0.2) is 28.9 Å². The highest BCUT2D eigenvalue weighted by molar-refractivity contribution is 5.94. The number of hydrogen-bond donors (Lipinski definition) is 1. The average Bonchev–Trinajstić information content (AvgIpc) is 3.15. The summed E-state index contributed by atoms with van der Waals surface area (Å²) < 4.78 is 13.6. The summed E-state index contributed by atoms with van der Waals surface area (Å²) >= 11 is 0. The lowest BCUT2D eigenvalue weighted by atomic mass is 10.0. The van der Waals surface area contributed by atoms with E-state index in [0.717, 1.165) is 17.9 Å². The molecule has 0 fully saturated rings. The highest BCUT2D eigenvalue weighted by atomic mass is 16.5. The number of aromatic nitrogens is 1. The van der Waals surface area contributed by atoms with Crippen LogP contribution in [0, 0.1) is 6.92 Å². The van der Waals surface area contributed by atoms with Crippen molar-refractivity contribution >= 4 is 11.5 Å². The normalized spacial score (nSPS) is 11.7. The van der Waals surface area contributed by atoms with E-state index in [1.54, 1.807) is 6.92 Å². The quantitative estimate of drug-likeness (QED) is 0.334. The molecule has 3 aromatic rings. The smallest absolute Gasteiger partial charge is 0.371 e. The van der Waals surface area contributed by atoms with Crippen molar-refractivity contribution in [2.75, 3.05) is 13.2 Å². The Labute approximate surface area is 183 Å². The molecule has 0 amide bonds. The molecule has 1 N–H and O–H groups in total. The van der Waals surface area contributed by atoms with Gasteiger partial charge in [0.2, 0.25) is 5.76 Å². The summed E-state index contributed by atoms with van der Waals surface area (Å²) in [6, 6.07) is 22.1. The second-order valence-electron chi connectivity index (χ2n) is 7.15. The van der Waals surface area contributed by atoms with E-state index in [1.165, 1.54) is 17.0 Å². The van der Waals surface area contributed by atoms with Crippen molar-refractivity contribution in [3.8, 4) is 17.0 Å². The predicted molar refractivity (Wildman–Crippen MR) is 123 cm³/mol. The first kappa shape index (κ1) is 22.2. The van der Waals surface area contributed by atoms with Crippen molar-refractivity contribution < 1.29 is 19.4 Å². The van der Waals surface area contributed by atoms with Gasteiger partial charge < -0.3 is 19.1 Å². The predicted octanol–water partition coefficient (Wildman–Crippen LogP) is 5.78. The maximum absolute atomic E-state index is 11.5. The molecular weight excluding hydrogens is 390 g/mol. The second-order valence-corrected chi connectivity index (χ2v) is 7.15. The van der Waals surface area contributed by atoms with Crippen molar-refractivity contribution in [2.24, 2.45) is 0 Å². The molecule has 0 aliphatic heterocycles. The number of ether oxygens (including phenoxy) is 2. The molecule has 0 aliphatic carbocycles. The third-order valence-corrected chi connectivity index (χ3v) is 5.17. The van der Waals surface area contributed by atoms with E-state index in [0.29, 0.717) is 25.2 Å². The molecule has 5 nitrogen and oxygen atoms in total. The van der Waals surface area contributed by atoms with Crippen LogP contribution in [0.5, 0.6) is 5.75 Å². The van der Waals surface area contributed by atoms with E-state index in [-0.39, 0.29) is 5.76 Å². The Bertz CT molecular complexity index is 1030. The lowest BCUT2D eigenvalue weighted by Crippen LogP contribution is -2.10. The summed E-state index contributed by atoms with van der Waals surface area (Å²) in [6.07, 6.45) is 0.566. The first-order valence-electron chi connectivity index (χ1n) is 10.6. The maximum atomic E-state index is 11.5. The van der Waals surface area contributed by atoms with E-state index < -0.39 is 5.97 Å². The molecule has 2 aromatic carbocycles. The van der Waals surface area contributed by atoms with E-state index in [4.69, 9.17) is 9.47 Å². The molecular formula is C26H29NO4. The highest BCUT2D eigenvalue weighted by Crippen LogP contribution is 2.26. The Balaban J connectivity index is 1.69. The van der Waals surface area contributed by atoms with Crippen LogP contribution in [0.1, 0.15) is 31.5 Å². The van der Waals surface area contributed by atoms with Gasteiger partial charge in [-0.05, 0) is 55.7 Å². The van der Waals surface area contributed by atoms with E-state index in [9.17, 15) is 9.90 Å². The van der Waals surface area contributed by atoms with Gasteiger partial charge in [0.1, 0.15) is 12.4 Å². The molecule has 0 spiro atoms. The van der Waals surface area contributed by atoms with E-state index in [2.05, 4.69) is 35.8 Å². The Morgan fingerprint density at radius 2 is 1.68 bits per heavy atom.